The monoisotopic (exact) mass is 296 g/mol. The van der Waals surface area contributed by atoms with E-state index in [-0.39, 0.29) is 5.41 Å². The van der Waals surface area contributed by atoms with Crippen LogP contribution in [0.4, 0.5) is 0 Å². The van der Waals surface area contributed by atoms with E-state index < -0.39 is 0 Å². The maximum atomic E-state index is 5.96. The number of hydrogen-bond donors (Lipinski definition) is 1. The molecule has 0 spiro atoms. The zero-order valence-corrected chi connectivity index (χ0v) is 13.4. The topological polar surface area (TPSA) is 24.5 Å². The van der Waals surface area contributed by atoms with Gasteiger partial charge < -0.3 is 10.1 Å². The smallest absolute Gasteiger partial charge is 0.0547 e. The normalized spacial score (nSPS) is 24.2. The van der Waals surface area contributed by atoms with Crippen molar-refractivity contribution >= 4 is 11.6 Å². The lowest BCUT2D eigenvalue weighted by Gasteiger charge is -2.35. The van der Waals surface area contributed by atoms with Crippen LogP contribution in [-0.2, 0) is 4.74 Å². The fourth-order valence-corrected chi connectivity index (χ4v) is 3.13. The first-order valence-corrected chi connectivity index (χ1v) is 7.62. The molecule has 112 valence electrons. The largest absolute Gasteiger partial charge is 0.381 e. The molecule has 2 atom stereocenters. The molecule has 1 heterocycles. The third-order valence-corrected chi connectivity index (χ3v) is 4.59. The third-order valence-electron chi connectivity index (χ3n) is 4.34. The van der Waals surface area contributed by atoms with Crippen LogP contribution >= 0.6 is 11.6 Å². The molecule has 4 heteroatoms. The van der Waals surface area contributed by atoms with Gasteiger partial charge in [0.15, 0.2) is 0 Å². The molecule has 0 saturated carbocycles. The van der Waals surface area contributed by atoms with Crippen molar-refractivity contribution < 1.29 is 4.74 Å². The predicted molar refractivity (Wildman–Crippen MR) is 84.3 cm³/mol. The fourth-order valence-electron chi connectivity index (χ4n) is 3.01. The second kappa shape index (κ2) is 6.90. The van der Waals surface area contributed by atoms with Gasteiger partial charge in [0.25, 0.3) is 0 Å². The van der Waals surface area contributed by atoms with Gasteiger partial charge in [-0.15, -0.1) is 0 Å². The van der Waals surface area contributed by atoms with E-state index in [1.54, 1.807) is 0 Å². The first kappa shape index (κ1) is 15.8. The van der Waals surface area contributed by atoms with Gasteiger partial charge in [-0.25, -0.2) is 0 Å². The Morgan fingerprint density at radius 1 is 1.40 bits per heavy atom. The molecule has 1 saturated heterocycles. The fraction of sp³-hybridized carbons (Fsp3) is 0.625. The Labute approximate surface area is 127 Å². The molecule has 0 aromatic heterocycles. The molecule has 1 aliphatic rings. The molecule has 1 N–H and O–H groups in total. The van der Waals surface area contributed by atoms with Crippen LogP contribution in [0.15, 0.2) is 24.3 Å². The highest BCUT2D eigenvalue weighted by molar-refractivity contribution is 6.30. The van der Waals surface area contributed by atoms with Gasteiger partial charge >= 0.3 is 0 Å². The van der Waals surface area contributed by atoms with Gasteiger partial charge in [-0.3, -0.25) is 4.90 Å². The average Bonchev–Trinajstić information content (AvgIpc) is 2.87. The Hall–Kier alpha value is -0.610. The van der Waals surface area contributed by atoms with E-state index in [0.717, 1.165) is 37.7 Å². The lowest BCUT2D eigenvalue weighted by molar-refractivity contribution is 0.106. The van der Waals surface area contributed by atoms with Crippen LogP contribution in [-0.4, -0.2) is 45.3 Å². The van der Waals surface area contributed by atoms with Crippen LogP contribution in [0.1, 0.15) is 24.9 Å². The van der Waals surface area contributed by atoms with E-state index in [1.807, 2.05) is 19.2 Å². The van der Waals surface area contributed by atoms with Crippen LogP contribution in [0, 0.1) is 5.41 Å². The lowest BCUT2D eigenvalue weighted by atomic mass is 9.86. The van der Waals surface area contributed by atoms with E-state index in [0.29, 0.717) is 6.04 Å². The summed E-state index contributed by atoms with van der Waals surface area (Å²) in [6.07, 6.45) is 1.13. The molecule has 2 unspecified atom stereocenters. The van der Waals surface area contributed by atoms with Crippen molar-refractivity contribution in [3.05, 3.63) is 34.9 Å². The highest BCUT2D eigenvalue weighted by atomic mass is 35.5. The minimum atomic E-state index is 0.240. The van der Waals surface area contributed by atoms with Crippen LogP contribution in [0.25, 0.3) is 0 Å². The minimum Gasteiger partial charge on any atom is -0.381 e. The third kappa shape index (κ3) is 3.73. The Kier molecular flexibility index (Phi) is 5.44. The Morgan fingerprint density at radius 3 is 2.65 bits per heavy atom. The summed E-state index contributed by atoms with van der Waals surface area (Å²) in [5.41, 5.74) is 1.54. The molecule has 0 radical (unpaired) electrons. The van der Waals surface area contributed by atoms with Crippen molar-refractivity contribution in [2.24, 2.45) is 5.41 Å². The number of halogens is 1. The summed E-state index contributed by atoms with van der Waals surface area (Å²) in [5.74, 6) is 0. The van der Waals surface area contributed by atoms with Gasteiger partial charge in [0.1, 0.15) is 0 Å². The van der Waals surface area contributed by atoms with Gasteiger partial charge in [-0.2, -0.15) is 0 Å². The van der Waals surface area contributed by atoms with Gasteiger partial charge in [-0.05, 0) is 45.1 Å². The molecule has 3 nitrogen and oxygen atoms in total. The van der Waals surface area contributed by atoms with Crippen molar-refractivity contribution in [1.29, 1.82) is 0 Å². The highest BCUT2D eigenvalue weighted by Crippen LogP contribution is 2.31. The molecule has 1 aromatic rings. The van der Waals surface area contributed by atoms with E-state index in [1.165, 1.54) is 5.56 Å². The summed E-state index contributed by atoms with van der Waals surface area (Å²) < 4.78 is 5.63. The molecular formula is C16H25ClN2O. The number of benzene rings is 1. The molecule has 1 aromatic carbocycles. The lowest BCUT2D eigenvalue weighted by Crippen LogP contribution is -2.43. The molecule has 0 amide bonds. The highest BCUT2D eigenvalue weighted by Gasteiger charge is 2.36. The summed E-state index contributed by atoms with van der Waals surface area (Å²) in [4.78, 5) is 2.41. The summed E-state index contributed by atoms with van der Waals surface area (Å²) in [6.45, 7) is 6.02. The van der Waals surface area contributed by atoms with Gasteiger partial charge in [0.05, 0.1) is 6.61 Å². The molecule has 1 aliphatic heterocycles. The van der Waals surface area contributed by atoms with Crippen molar-refractivity contribution in [2.45, 2.75) is 19.4 Å². The molecular weight excluding hydrogens is 272 g/mol. The second-order valence-electron chi connectivity index (χ2n) is 5.98. The predicted octanol–water partition coefficient (Wildman–Crippen LogP) is 2.96. The van der Waals surface area contributed by atoms with Crippen molar-refractivity contribution in [1.82, 2.24) is 10.2 Å². The van der Waals surface area contributed by atoms with Gasteiger partial charge in [-0.1, -0.05) is 23.7 Å². The SMILES string of the molecule is CNCC1(CN(C)C(C)c2ccc(Cl)cc2)CCOC1. The van der Waals surface area contributed by atoms with Crippen molar-refractivity contribution in [3.63, 3.8) is 0 Å². The van der Waals surface area contributed by atoms with Crippen molar-refractivity contribution in [2.75, 3.05) is 40.4 Å². The van der Waals surface area contributed by atoms with E-state index in [4.69, 9.17) is 16.3 Å². The minimum absolute atomic E-state index is 0.240. The Morgan fingerprint density at radius 2 is 2.10 bits per heavy atom. The maximum Gasteiger partial charge on any atom is 0.0547 e. The van der Waals surface area contributed by atoms with E-state index >= 15 is 0 Å². The quantitative estimate of drug-likeness (QED) is 0.873. The zero-order valence-electron chi connectivity index (χ0n) is 12.7. The molecule has 2 rings (SSSR count). The first-order chi connectivity index (χ1) is 9.56. The van der Waals surface area contributed by atoms with Crippen molar-refractivity contribution in [3.8, 4) is 0 Å². The summed E-state index contributed by atoms with van der Waals surface area (Å²) in [6, 6.07) is 8.52. The van der Waals surface area contributed by atoms with E-state index in [9.17, 15) is 0 Å². The van der Waals surface area contributed by atoms with Gasteiger partial charge in [0.2, 0.25) is 0 Å². The molecule has 0 aliphatic carbocycles. The number of nitrogens with zero attached hydrogens (tertiary/aromatic N) is 1. The summed E-state index contributed by atoms with van der Waals surface area (Å²) in [5, 5.41) is 4.11. The van der Waals surface area contributed by atoms with Crippen LogP contribution in [0.2, 0.25) is 5.02 Å². The Bertz CT molecular complexity index is 415. The second-order valence-corrected chi connectivity index (χ2v) is 6.41. The van der Waals surface area contributed by atoms with E-state index in [2.05, 4.69) is 36.3 Å². The summed E-state index contributed by atoms with van der Waals surface area (Å²) in [7, 11) is 4.21. The molecule has 1 fully saturated rings. The Balaban J connectivity index is 2.02. The zero-order chi connectivity index (χ0) is 14.6. The number of rotatable bonds is 6. The number of ether oxygens (including phenoxy) is 1. The maximum absolute atomic E-state index is 5.96. The van der Waals surface area contributed by atoms with Gasteiger partial charge in [0, 0.05) is 36.2 Å². The number of nitrogens with one attached hydrogen (secondary N) is 1. The average molecular weight is 297 g/mol. The first-order valence-electron chi connectivity index (χ1n) is 7.24. The van der Waals surface area contributed by atoms with Crippen LogP contribution < -0.4 is 5.32 Å². The summed E-state index contributed by atoms with van der Waals surface area (Å²) >= 11 is 5.96. The molecule has 0 bridgehead atoms. The van der Waals surface area contributed by atoms with Crippen LogP contribution in [0.3, 0.4) is 0 Å². The standard InChI is InChI=1S/C16H25ClN2O/c1-13(14-4-6-15(17)7-5-14)19(3)11-16(10-18-2)8-9-20-12-16/h4-7,13,18H,8-12H2,1-3H3. The molecule has 20 heavy (non-hydrogen) atoms. The number of hydrogen-bond acceptors (Lipinski definition) is 3. The van der Waals surface area contributed by atoms with Crippen LogP contribution in [0.5, 0.6) is 0 Å².